The van der Waals surface area contributed by atoms with Gasteiger partial charge in [0, 0.05) is 10.7 Å². The third-order valence-corrected chi connectivity index (χ3v) is 4.18. The molecule has 1 heterocycles. The Bertz CT molecular complexity index is 470. The van der Waals surface area contributed by atoms with E-state index in [1.54, 1.807) is 0 Å². The number of hydrogen-bond donors (Lipinski definition) is 1. The van der Waals surface area contributed by atoms with Crippen molar-refractivity contribution in [3.05, 3.63) is 35.2 Å². The van der Waals surface area contributed by atoms with Gasteiger partial charge >= 0.3 is 0 Å². The highest BCUT2D eigenvalue weighted by molar-refractivity contribution is 7.17. The molecule has 0 unspecified atom stereocenters. The van der Waals surface area contributed by atoms with Crippen LogP contribution in [0.3, 0.4) is 0 Å². The maximum atomic E-state index is 6.25. The minimum atomic E-state index is 0.244. The molecular weight excluding hydrogens is 202 g/mol. The maximum Gasteiger partial charge on any atom is 0.0346 e. The summed E-state index contributed by atoms with van der Waals surface area (Å²) in [4.78, 5) is 0. The summed E-state index contributed by atoms with van der Waals surface area (Å²) in [5.74, 6) is 0.902. The van der Waals surface area contributed by atoms with E-state index in [1.165, 1.54) is 34.9 Å². The molecule has 1 saturated carbocycles. The lowest BCUT2D eigenvalue weighted by molar-refractivity contribution is 0.601. The van der Waals surface area contributed by atoms with Gasteiger partial charge in [-0.2, -0.15) is 0 Å². The molecule has 3 rings (SSSR count). The topological polar surface area (TPSA) is 26.0 Å². The predicted molar refractivity (Wildman–Crippen MR) is 66.1 cm³/mol. The molecule has 1 atom stereocenters. The summed E-state index contributed by atoms with van der Waals surface area (Å²) < 4.78 is 1.36. The molecule has 0 aliphatic heterocycles. The fraction of sp³-hybridized carbons (Fsp3) is 0.385. The van der Waals surface area contributed by atoms with E-state index in [0.29, 0.717) is 0 Å². The van der Waals surface area contributed by atoms with Crippen molar-refractivity contribution in [1.29, 1.82) is 0 Å². The Morgan fingerprint density at radius 2 is 2.13 bits per heavy atom. The number of thiophene rings is 1. The molecule has 0 bridgehead atoms. The van der Waals surface area contributed by atoms with E-state index in [-0.39, 0.29) is 6.04 Å². The molecule has 1 fully saturated rings. The molecule has 1 aliphatic carbocycles. The van der Waals surface area contributed by atoms with Crippen molar-refractivity contribution in [1.82, 2.24) is 0 Å². The highest BCUT2D eigenvalue weighted by Crippen LogP contribution is 2.39. The van der Waals surface area contributed by atoms with Crippen LogP contribution in [0.2, 0.25) is 0 Å². The lowest BCUT2D eigenvalue weighted by Gasteiger charge is -2.09. The van der Waals surface area contributed by atoms with Gasteiger partial charge in [-0.15, -0.1) is 11.3 Å². The zero-order valence-corrected chi connectivity index (χ0v) is 9.46. The van der Waals surface area contributed by atoms with Crippen LogP contribution < -0.4 is 5.73 Å². The third-order valence-electron chi connectivity index (χ3n) is 3.19. The van der Waals surface area contributed by atoms with Crippen molar-refractivity contribution in [3.8, 4) is 0 Å². The largest absolute Gasteiger partial charge is 0.324 e. The summed E-state index contributed by atoms with van der Waals surface area (Å²) in [6, 6.07) is 8.80. The quantitative estimate of drug-likeness (QED) is 0.833. The lowest BCUT2D eigenvalue weighted by Crippen LogP contribution is -2.10. The van der Waals surface area contributed by atoms with Crippen molar-refractivity contribution in [2.75, 3.05) is 0 Å². The molecule has 0 saturated heterocycles. The summed E-state index contributed by atoms with van der Waals surface area (Å²) in [5, 5.41) is 3.59. The molecule has 2 N–H and O–H groups in total. The van der Waals surface area contributed by atoms with Crippen LogP contribution in [-0.4, -0.2) is 0 Å². The van der Waals surface area contributed by atoms with Crippen molar-refractivity contribution < 1.29 is 0 Å². The Balaban J connectivity index is 1.95. The molecule has 0 radical (unpaired) electrons. The highest BCUT2D eigenvalue weighted by atomic mass is 32.1. The standard InChI is InChI=1S/C13H15NS/c14-12(7-9-5-6-9)11-8-15-13-4-2-1-3-10(11)13/h1-4,8-9,12H,5-7,14H2/t12-/m0/s1. The average Bonchev–Trinajstić information content (AvgIpc) is 2.96. The van der Waals surface area contributed by atoms with Crippen LogP contribution in [0.1, 0.15) is 30.9 Å². The minimum Gasteiger partial charge on any atom is -0.324 e. The fourth-order valence-electron chi connectivity index (χ4n) is 2.13. The van der Waals surface area contributed by atoms with Gasteiger partial charge < -0.3 is 5.73 Å². The second kappa shape index (κ2) is 3.62. The van der Waals surface area contributed by atoms with Crippen LogP contribution in [0.4, 0.5) is 0 Å². The van der Waals surface area contributed by atoms with Gasteiger partial charge in [-0.3, -0.25) is 0 Å². The van der Waals surface area contributed by atoms with E-state index in [1.807, 2.05) is 11.3 Å². The summed E-state index contributed by atoms with van der Waals surface area (Å²) >= 11 is 1.81. The second-order valence-corrected chi connectivity index (χ2v) is 5.38. The summed E-state index contributed by atoms with van der Waals surface area (Å²) in [6.45, 7) is 0. The monoisotopic (exact) mass is 217 g/mol. The summed E-state index contributed by atoms with van der Waals surface area (Å²) in [6.07, 6.45) is 3.94. The van der Waals surface area contributed by atoms with Crippen LogP contribution >= 0.6 is 11.3 Å². The first kappa shape index (κ1) is 9.37. The molecular formula is C13H15NS. The van der Waals surface area contributed by atoms with Gasteiger partial charge in [0.1, 0.15) is 0 Å². The Morgan fingerprint density at radius 3 is 2.93 bits per heavy atom. The van der Waals surface area contributed by atoms with Crippen molar-refractivity contribution in [2.24, 2.45) is 11.7 Å². The number of hydrogen-bond acceptors (Lipinski definition) is 2. The van der Waals surface area contributed by atoms with E-state index in [9.17, 15) is 0 Å². The van der Waals surface area contributed by atoms with Crippen LogP contribution in [0.25, 0.3) is 10.1 Å². The maximum absolute atomic E-state index is 6.25. The Labute approximate surface area is 93.9 Å². The first-order valence-electron chi connectivity index (χ1n) is 5.56. The number of nitrogens with two attached hydrogens (primary N) is 1. The lowest BCUT2D eigenvalue weighted by atomic mass is 10.0. The number of benzene rings is 1. The first-order chi connectivity index (χ1) is 7.34. The first-order valence-corrected chi connectivity index (χ1v) is 6.44. The van der Waals surface area contributed by atoms with Crippen LogP contribution in [0.15, 0.2) is 29.6 Å². The van der Waals surface area contributed by atoms with Crippen LogP contribution in [0, 0.1) is 5.92 Å². The highest BCUT2D eigenvalue weighted by Gasteiger charge is 2.25. The van der Waals surface area contributed by atoms with Crippen molar-refractivity contribution in [2.45, 2.75) is 25.3 Å². The molecule has 78 valence electrons. The molecule has 2 aromatic rings. The van der Waals surface area contributed by atoms with Crippen LogP contribution in [0.5, 0.6) is 0 Å². The zero-order chi connectivity index (χ0) is 10.3. The van der Waals surface area contributed by atoms with Crippen molar-refractivity contribution >= 4 is 21.4 Å². The van der Waals surface area contributed by atoms with E-state index in [4.69, 9.17) is 5.73 Å². The molecule has 2 heteroatoms. The Hall–Kier alpha value is -0.860. The van der Waals surface area contributed by atoms with Crippen LogP contribution in [-0.2, 0) is 0 Å². The van der Waals surface area contributed by atoms with Gasteiger partial charge in [-0.05, 0) is 34.7 Å². The van der Waals surface area contributed by atoms with E-state index in [0.717, 1.165) is 5.92 Å². The Morgan fingerprint density at radius 1 is 1.33 bits per heavy atom. The van der Waals surface area contributed by atoms with Gasteiger partial charge in [-0.25, -0.2) is 0 Å². The molecule has 1 aromatic carbocycles. The van der Waals surface area contributed by atoms with Gasteiger partial charge in [0.15, 0.2) is 0 Å². The molecule has 1 aromatic heterocycles. The average molecular weight is 217 g/mol. The SMILES string of the molecule is N[C@@H](CC1CC1)c1csc2ccccc12. The van der Waals surface area contributed by atoms with Gasteiger partial charge in [0.25, 0.3) is 0 Å². The Kier molecular flexibility index (Phi) is 2.26. The number of fused-ring (bicyclic) bond motifs is 1. The van der Waals surface area contributed by atoms with Gasteiger partial charge in [-0.1, -0.05) is 31.0 Å². The molecule has 0 spiro atoms. The molecule has 1 aliphatic rings. The van der Waals surface area contributed by atoms with E-state index < -0.39 is 0 Å². The molecule has 15 heavy (non-hydrogen) atoms. The second-order valence-electron chi connectivity index (χ2n) is 4.47. The molecule has 0 amide bonds. The van der Waals surface area contributed by atoms with Gasteiger partial charge in [0.05, 0.1) is 0 Å². The summed E-state index contributed by atoms with van der Waals surface area (Å²) in [5.41, 5.74) is 7.60. The number of rotatable bonds is 3. The molecule has 1 nitrogen and oxygen atoms in total. The van der Waals surface area contributed by atoms with Crippen molar-refractivity contribution in [3.63, 3.8) is 0 Å². The minimum absolute atomic E-state index is 0.244. The van der Waals surface area contributed by atoms with Gasteiger partial charge in [0.2, 0.25) is 0 Å². The third kappa shape index (κ3) is 1.80. The zero-order valence-electron chi connectivity index (χ0n) is 8.65. The summed E-state index contributed by atoms with van der Waals surface area (Å²) in [7, 11) is 0. The van der Waals surface area contributed by atoms with E-state index >= 15 is 0 Å². The van der Waals surface area contributed by atoms with E-state index in [2.05, 4.69) is 29.6 Å². The normalized spacial score (nSPS) is 18.2. The predicted octanol–water partition coefficient (Wildman–Crippen LogP) is 3.70. The smallest absolute Gasteiger partial charge is 0.0346 e. The fourth-order valence-corrected chi connectivity index (χ4v) is 3.15.